The van der Waals surface area contributed by atoms with E-state index in [4.69, 9.17) is 0 Å². The first-order valence-electron chi connectivity index (χ1n) is 9.13. The van der Waals surface area contributed by atoms with Gasteiger partial charge in [-0.1, -0.05) is 36.0 Å². The largest absolute Gasteiger partial charge is 0.312 e. The monoisotopic (exact) mass is 393 g/mol. The molecule has 0 aliphatic rings. The number of hydrogen-bond acceptors (Lipinski definition) is 5. The van der Waals surface area contributed by atoms with Crippen LogP contribution in [-0.2, 0) is 11.3 Å². The smallest absolute Gasteiger partial charge is 0.240 e. The minimum Gasteiger partial charge on any atom is -0.312 e. The molecule has 0 unspecified atom stereocenters. The zero-order valence-electron chi connectivity index (χ0n) is 16.0. The van der Waals surface area contributed by atoms with Crippen LogP contribution in [0.2, 0.25) is 0 Å². The van der Waals surface area contributed by atoms with Crippen molar-refractivity contribution in [3.63, 3.8) is 0 Å². The number of thioether (sulfide) groups is 1. The molecular formula is C21H23N5OS. The first kappa shape index (κ1) is 19.8. The Morgan fingerprint density at radius 1 is 1.21 bits per heavy atom. The highest BCUT2D eigenvalue weighted by Crippen LogP contribution is 2.28. The molecule has 144 valence electrons. The van der Waals surface area contributed by atoms with Gasteiger partial charge in [0, 0.05) is 36.7 Å². The normalized spacial score (nSPS) is 11.8. The maximum atomic E-state index is 13.0. The molecule has 28 heavy (non-hydrogen) atoms. The van der Waals surface area contributed by atoms with Crippen LogP contribution in [0.4, 0.5) is 5.69 Å². The third kappa shape index (κ3) is 4.31. The number of hydrogen-bond donors (Lipinski definition) is 0. The van der Waals surface area contributed by atoms with Gasteiger partial charge < -0.3 is 4.90 Å². The Kier molecular flexibility index (Phi) is 6.60. The van der Waals surface area contributed by atoms with Crippen LogP contribution in [0.1, 0.15) is 13.8 Å². The van der Waals surface area contributed by atoms with Crippen molar-refractivity contribution in [2.75, 3.05) is 11.4 Å². The van der Waals surface area contributed by atoms with E-state index in [9.17, 15) is 4.79 Å². The third-order valence-corrected chi connectivity index (χ3v) is 5.32. The number of para-hydroxylation sites is 1. The summed E-state index contributed by atoms with van der Waals surface area (Å²) in [4.78, 5) is 18.9. The minimum atomic E-state index is -0.307. The molecule has 3 aromatic rings. The molecule has 0 fully saturated rings. The summed E-state index contributed by atoms with van der Waals surface area (Å²) in [6, 6.07) is 13.5. The van der Waals surface area contributed by atoms with Crippen LogP contribution < -0.4 is 4.90 Å². The molecule has 0 saturated heterocycles. The lowest BCUT2D eigenvalue weighted by Crippen LogP contribution is -2.36. The van der Waals surface area contributed by atoms with Gasteiger partial charge in [0.25, 0.3) is 0 Å². The molecule has 2 heterocycles. The van der Waals surface area contributed by atoms with Gasteiger partial charge in [-0.25, -0.2) is 0 Å². The summed E-state index contributed by atoms with van der Waals surface area (Å²) in [5.41, 5.74) is 1.82. The van der Waals surface area contributed by atoms with Crippen LogP contribution in [0.3, 0.4) is 0 Å². The van der Waals surface area contributed by atoms with Gasteiger partial charge >= 0.3 is 0 Å². The Bertz CT molecular complexity index is 926. The standard InChI is InChI=1S/C21H23N5OS/c1-4-15-26-19(17-11-13-22-14-12-17)23-24-21(26)28-16(3)20(27)25(5-2)18-9-7-6-8-10-18/h4,6-14,16H,1,5,15H2,2-3H3/t16-/m1/s1. The number of anilines is 1. The van der Waals surface area contributed by atoms with E-state index >= 15 is 0 Å². The van der Waals surface area contributed by atoms with Gasteiger partial charge in [-0.2, -0.15) is 0 Å². The van der Waals surface area contributed by atoms with Crippen LogP contribution in [0.15, 0.2) is 72.7 Å². The molecule has 6 nitrogen and oxygen atoms in total. The molecular weight excluding hydrogens is 370 g/mol. The number of carbonyl (C=O) groups excluding carboxylic acids is 1. The summed E-state index contributed by atoms with van der Waals surface area (Å²) >= 11 is 1.41. The average Bonchev–Trinajstić information content (AvgIpc) is 3.12. The number of aromatic nitrogens is 4. The number of carbonyl (C=O) groups is 1. The topological polar surface area (TPSA) is 63.9 Å². The van der Waals surface area contributed by atoms with Crippen LogP contribution in [0.5, 0.6) is 0 Å². The molecule has 0 saturated carbocycles. The van der Waals surface area contributed by atoms with Crippen LogP contribution in [0.25, 0.3) is 11.4 Å². The van der Waals surface area contributed by atoms with Crippen molar-refractivity contribution >= 4 is 23.4 Å². The van der Waals surface area contributed by atoms with E-state index in [0.29, 0.717) is 18.2 Å². The van der Waals surface area contributed by atoms with Gasteiger partial charge in [0.1, 0.15) is 0 Å². The molecule has 0 N–H and O–H groups in total. The molecule has 0 spiro atoms. The lowest BCUT2D eigenvalue weighted by Gasteiger charge is -2.24. The van der Waals surface area contributed by atoms with Crippen molar-refractivity contribution in [1.29, 1.82) is 0 Å². The molecule has 0 aliphatic carbocycles. The molecule has 0 aliphatic heterocycles. The molecule has 1 amide bonds. The number of nitrogens with zero attached hydrogens (tertiary/aromatic N) is 5. The zero-order valence-corrected chi connectivity index (χ0v) is 16.8. The number of pyridine rings is 1. The average molecular weight is 394 g/mol. The second-order valence-corrected chi connectivity index (χ2v) is 7.43. The molecule has 0 radical (unpaired) electrons. The second-order valence-electron chi connectivity index (χ2n) is 6.12. The van der Waals surface area contributed by atoms with E-state index in [1.54, 1.807) is 23.4 Å². The van der Waals surface area contributed by atoms with E-state index in [0.717, 1.165) is 17.1 Å². The number of benzene rings is 1. The predicted octanol–water partition coefficient (Wildman–Crippen LogP) is 4.06. The van der Waals surface area contributed by atoms with Crippen molar-refractivity contribution in [3.8, 4) is 11.4 Å². The molecule has 0 bridgehead atoms. The van der Waals surface area contributed by atoms with Gasteiger partial charge in [-0.05, 0) is 38.1 Å². The van der Waals surface area contributed by atoms with Crippen LogP contribution in [0, 0.1) is 0 Å². The van der Waals surface area contributed by atoms with E-state index in [1.165, 1.54) is 11.8 Å². The van der Waals surface area contributed by atoms with Gasteiger partial charge in [0.05, 0.1) is 5.25 Å². The fourth-order valence-electron chi connectivity index (χ4n) is 2.89. The lowest BCUT2D eigenvalue weighted by atomic mass is 10.2. The van der Waals surface area contributed by atoms with E-state index in [2.05, 4.69) is 21.8 Å². The van der Waals surface area contributed by atoms with E-state index in [1.807, 2.05) is 60.9 Å². The summed E-state index contributed by atoms with van der Waals surface area (Å²) in [7, 11) is 0. The highest BCUT2D eigenvalue weighted by molar-refractivity contribution is 8.00. The van der Waals surface area contributed by atoms with Crippen LogP contribution >= 0.6 is 11.8 Å². The minimum absolute atomic E-state index is 0.0392. The second kappa shape index (κ2) is 9.32. The highest BCUT2D eigenvalue weighted by atomic mass is 32.2. The van der Waals surface area contributed by atoms with Crippen molar-refractivity contribution in [2.24, 2.45) is 0 Å². The Balaban J connectivity index is 1.83. The van der Waals surface area contributed by atoms with Crippen molar-refractivity contribution < 1.29 is 4.79 Å². The van der Waals surface area contributed by atoms with Crippen molar-refractivity contribution in [1.82, 2.24) is 19.7 Å². The molecule has 2 aromatic heterocycles. The summed E-state index contributed by atoms with van der Waals surface area (Å²) < 4.78 is 1.97. The van der Waals surface area contributed by atoms with E-state index in [-0.39, 0.29) is 11.2 Å². The third-order valence-electron chi connectivity index (χ3n) is 4.25. The summed E-state index contributed by atoms with van der Waals surface area (Å²) in [5, 5.41) is 9.04. The van der Waals surface area contributed by atoms with Crippen molar-refractivity contribution in [2.45, 2.75) is 30.8 Å². The quantitative estimate of drug-likeness (QED) is 0.427. The lowest BCUT2D eigenvalue weighted by molar-refractivity contribution is -0.117. The highest BCUT2D eigenvalue weighted by Gasteiger charge is 2.24. The molecule has 7 heteroatoms. The van der Waals surface area contributed by atoms with Gasteiger partial charge in [0.2, 0.25) is 5.91 Å². The first-order chi connectivity index (χ1) is 13.7. The number of amides is 1. The number of allylic oxidation sites excluding steroid dienone is 1. The number of rotatable bonds is 8. The Labute approximate surface area is 169 Å². The molecule has 1 atom stereocenters. The van der Waals surface area contributed by atoms with Gasteiger partial charge in [0.15, 0.2) is 11.0 Å². The molecule has 1 aromatic carbocycles. The summed E-state index contributed by atoms with van der Waals surface area (Å²) in [5.74, 6) is 0.775. The van der Waals surface area contributed by atoms with Crippen molar-refractivity contribution in [3.05, 3.63) is 67.5 Å². The Morgan fingerprint density at radius 3 is 2.57 bits per heavy atom. The maximum absolute atomic E-state index is 13.0. The Morgan fingerprint density at radius 2 is 1.93 bits per heavy atom. The fourth-order valence-corrected chi connectivity index (χ4v) is 3.81. The Hall–Kier alpha value is -2.93. The summed E-state index contributed by atoms with van der Waals surface area (Å²) in [6.07, 6.45) is 5.24. The fraction of sp³-hybridized carbons (Fsp3) is 0.238. The van der Waals surface area contributed by atoms with E-state index < -0.39 is 0 Å². The summed E-state index contributed by atoms with van der Waals surface area (Å²) in [6.45, 7) is 8.88. The van der Waals surface area contributed by atoms with Gasteiger partial charge in [-0.15, -0.1) is 16.8 Å². The zero-order chi connectivity index (χ0) is 19.9. The SMILES string of the molecule is C=CCn1c(S[C@H](C)C(=O)N(CC)c2ccccc2)nnc1-c1ccncc1. The molecule has 3 rings (SSSR count). The first-order valence-corrected chi connectivity index (χ1v) is 10.0. The maximum Gasteiger partial charge on any atom is 0.240 e. The van der Waals surface area contributed by atoms with Crippen LogP contribution in [-0.4, -0.2) is 37.5 Å². The van der Waals surface area contributed by atoms with Gasteiger partial charge in [-0.3, -0.25) is 14.3 Å². The predicted molar refractivity (Wildman–Crippen MR) is 113 cm³/mol.